The molecule has 1 aliphatic heterocycles. The van der Waals surface area contributed by atoms with E-state index in [2.05, 4.69) is 21.0 Å². The maximum Gasteiger partial charge on any atom is 0.241 e. The van der Waals surface area contributed by atoms with E-state index in [4.69, 9.17) is 4.74 Å². The van der Waals surface area contributed by atoms with Crippen LogP contribution in [0.15, 0.2) is 95.9 Å². The number of fused-ring (bicyclic) bond motifs is 2. The summed E-state index contributed by atoms with van der Waals surface area (Å²) in [4.78, 5) is 15.6. The van der Waals surface area contributed by atoms with Crippen molar-refractivity contribution in [3.63, 3.8) is 0 Å². The van der Waals surface area contributed by atoms with Gasteiger partial charge in [0.1, 0.15) is 5.75 Å². The van der Waals surface area contributed by atoms with Crippen molar-refractivity contribution in [3.8, 4) is 5.75 Å². The molecule has 0 saturated heterocycles. The normalized spacial score (nSPS) is 15.9. The van der Waals surface area contributed by atoms with Crippen molar-refractivity contribution in [2.24, 2.45) is 0 Å². The minimum Gasteiger partial charge on any atom is -0.493 e. The lowest BCUT2D eigenvalue weighted by atomic mass is 9.97. The maximum absolute atomic E-state index is 13.4. The molecule has 39 heavy (non-hydrogen) atoms. The van der Waals surface area contributed by atoms with Crippen LogP contribution in [-0.4, -0.2) is 39.9 Å². The highest BCUT2D eigenvalue weighted by molar-refractivity contribution is 7.89. The Bertz CT molecular complexity index is 1570. The van der Waals surface area contributed by atoms with E-state index in [1.165, 1.54) is 0 Å². The average Bonchev–Trinajstić information content (AvgIpc) is 2.92. The topological polar surface area (TPSA) is 87.7 Å². The van der Waals surface area contributed by atoms with Crippen molar-refractivity contribution in [3.05, 3.63) is 108 Å². The van der Waals surface area contributed by atoms with Crippen LogP contribution >= 0.6 is 0 Å². The number of nitrogens with zero attached hydrogens (tertiary/aromatic N) is 1. The summed E-state index contributed by atoms with van der Waals surface area (Å²) >= 11 is 0. The van der Waals surface area contributed by atoms with E-state index >= 15 is 0 Å². The molecule has 0 aromatic heterocycles. The molecule has 202 valence electrons. The van der Waals surface area contributed by atoms with Crippen LogP contribution in [0.2, 0.25) is 0 Å². The first-order valence-corrected chi connectivity index (χ1v) is 14.5. The summed E-state index contributed by atoms with van der Waals surface area (Å²) in [7, 11) is 0.134. The Kier molecular flexibility index (Phi) is 7.97. The zero-order valence-corrected chi connectivity index (χ0v) is 22.9. The first-order valence-electron chi connectivity index (χ1n) is 13.0. The van der Waals surface area contributed by atoms with Gasteiger partial charge in [0.25, 0.3) is 0 Å². The molecule has 5 rings (SSSR count). The van der Waals surface area contributed by atoms with Crippen molar-refractivity contribution in [1.29, 1.82) is 0 Å². The lowest BCUT2D eigenvalue weighted by molar-refractivity contribution is -0.122. The number of rotatable bonds is 9. The van der Waals surface area contributed by atoms with E-state index in [1.54, 1.807) is 18.2 Å². The highest BCUT2D eigenvalue weighted by atomic mass is 32.2. The van der Waals surface area contributed by atoms with Gasteiger partial charge >= 0.3 is 0 Å². The smallest absolute Gasteiger partial charge is 0.241 e. The van der Waals surface area contributed by atoms with Gasteiger partial charge in [0.05, 0.1) is 23.6 Å². The molecule has 8 heteroatoms. The fourth-order valence-corrected chi connectivity index (χ4v) is 6.25. The molecule has 0 radical (unpaired) electrons. The van der Waals surface area contributed by atoms with Crippen molar-refractivity contribution < 1.29 is 17.9 Å². The van der Waals surface area contributed by atoms with Gasteiger partial charge in [-0.2, -0.15) is 0 Å². The number of amides is 1. The van der Waals surface area contributed by atoms with Crippen LogP contribution in [0.1, 0.15) is 41.6 Å². The molecule has 0 aliphatic carbocycles. The number of benzene rings is 4. The molecule has 1 amide bonds. The van der Waals surface area contributed by atoms with E-state index in [0.717, 1.165) is 39.8 Å². The van der Waals surface area contributed by atoms with Crippen molar-refractivity contribution in [2.75, 3.05) is 20.7 Å². The molecule has 0 saturated carbocycles. The third-order valence-corrected chi connectivity index (χ3v) is 8.34. The molecule has 1 aliphatic rings. The van der Waals surface area contributed by atoms with Gasteiger partial charge in [-0.3, -0.25) is 4.79 Å². The highest BCUT2D eigenvalue weighted by Gasteiger charge is 2.27. The number of carbonyl (C=O) groups is 1. The minimum absolute atomic E-state index is 0.0395. The fourth-order valence-electron chi connectivity index (χ4n) is 4.99. The summed E-state index contributed by atoms with van der Waals surface area (Å²) in [5, 5.41) is 4.91. The van der Waals surface area contributed by atoms with Crippen molar-refractivity contribution in [2.45, 2.75) is 36.4 Å². The SMILES string of the molecule is CN(C)Cc1ccc2c(c1)OCCC2NC(=O)C[C@@H](NS(=O)(=O)c1ccc2ccccc2c1)c1ccccc1. The summed E-state index contributed by atoms with van der Waals surface area (Å²) in [6.07, 6.45) is 0.604. The molecule has 2 atom stereocenters. The molecular weight excluding hydrogens is 510 g/mol. The van der Waals surface area contributed by atoms with Crippen molar-refractivity contribution in [1.82, 2.24) is 14.9 Å². The monoisotopic (exact) mass is 543 g/mol. The number of sulfonamides is 1. The summed E-state index contributed by atoms with van der Waals surface area (Å²) in [5.74, 6) is 0.544. The molecule has 1 unspecified atom stereocenters. The standard InChI is InChI=1S/C31H33N3O4S/c1-34(2)21-22-12-15-27-28(16-17-38-30(27)18-22)32-31(35)20-29(24-9-4-3-5-10-24)33-39(36,37)26-14-13-23-8-6-7-11-25(23)19-26/h3-15,18-19,28-29,33H,16-17,20-21H2,1-2H3,(H,32,35)/t28?,29-/m1/s1. The van der Waals surface area contributed by atoms with Crippen LogP contribution < -0.4 is 14.8 Å². The van der Waals surface area contributed by atoms with Crippen LogP contribution in [-0.2, 0) is 21.4 Å². The molecule has 7 nitrogen and oxygen atoms in total. The third kappa shape index (κ3) is 6.47. The number of hydrogen-bond acceptors (Lipinski definition) is 5. The van der Waals surface area contributed by atoms with E-state index in [1.807, 2.05) is 80.8 Å². The number of hydrogen-bond donors (Lipinski definition) is 2. The molecule has 2 N–H and O–H groups in total. The molecule has 0 fully saturated rings. The Hall–Kier alpha value is -3.72. The summed E-state index contributed by atoms with van der Waals surface area (Å²) in [5.41, 5.74) is 2.79. The number of carbonyl (C=O) groups excluding carboxylic acids is 1. The van der Waals surface area contributed by atoms with Gasteiger partial charge in [0.15, 0.2) is 0 Å². The van der Waals surface area contributed by atoms with Gasteiger partial charge in [-0.15, -0.1) is 0 Å². The summed E-state index contributed by atoms with van der Waals surface area (Å²) in [6, 6.07) is 27.0. The molecule has 4 aromatic rings. The largest absolute Gasteiger partial charge is 0.493 e. The van der Waals surface area contributed by atoms with E-state index < -0.39 is 16.1 Å². The predicted molar refractivity (Wildman–Crippen MR) is 153 cm³/mol. The summed E-state index contributed by atoms with van der Waals surface area (Å²) in [6.45, 7) is 1.30. The summed E-state index contributed by atoms with van der Waals surface area (Å²) < 4.78 is 35.6. The van der Waals surface area contributed by atoms with Gasteiger partial charge in [0, 0.05) is 24.9 Å². The Morgan fingerprint density at radius 1 is 0.949 bits per heavy atom. The van der Waals surface area contributed by atoms with Gasteiger partial charge in [0.2, 0.25) is 15.9 Å². The van der Waals surface area contributed by atoms with E-state index in [0.29, 0.717) is 13.0 Å². The van der Waals surface area contributed by atoms with E-state index in [9.17, 15) is 13.2 Å². The second-order valence-electron chi connectivity index (χ2n) is 10.2. The van der Waals surface area contributed by atoms with Gasteiger partial charge in [-0.1, -0.05) is 72.8 Å². The van der Waals surface area contributed by atoms with Crippen LogP contribution in [0.4, 0.5) is 0 Å². The zero-order chi connectivity index (χ0) is 27.4. The molecule has 4 aromatic carbocycles. The quantitative estimate of drug-likeness (QED) is 0.312. The lowest BCUT2D eigenvalue weighted by Gasteiger charge is -2.28. The maximum atomic E-state index is 13.4. The van der Waals surface area contributed by atoms with E-state index in [-0.39, 0.29) is 23.3 Å². The number of ether oxygens (including phenoxy) is 1. The molecule has 1 heterocycles. The van der Waals surface area contributed by atoms with Gasteiger partial charge in [-0.05, 0) is 54.2 Å². The van der Waals surface area contributed by atoms with Gasteiger partial charge < -0.3 is 15.0 Å². The van der Waals surface area contributed by atoms with Gasteiger partial charge in [-0.25, -0.2) is 13.1 Å². The van der Waals surface area contributed by atoms with Crippen molar-refractivity contribution >= 4 is 26.7 Å². The van der Waals surface area contributed by atoms with Crippen LogP contribution in [0.3, 0.4) is 0 Å². The molecule has 0 spiro atoms. The number of nitrogens with one attached hydrogen (secondary N) is 2. The molecule has 0 bridgehead atoms. The Labute approximate surface area is 229 Å². The Morgan fingerprint density at radius 3 is 2.46 bits per heavy atom. The predicted octanol–water partition coefficient (Wildman–Crippen LogP) is 4.95. The highest BCUT2D eigenvalue weighted by Crippen LogP contribution is 2.33. The zero-order valence-electron chi connectivity index (χ0n) is 22.1. The van der Waals surface area contributed by atoms with Crippen LogP contribution in [0.25, 0.3) is 10.8 Å². The lowest BCUT2D eigenvalue weighted by Crippen LogP contribution is -2.36. The first kappa shape index (κ1) is 26.9. The Morgan fingerprint density at radius 2 is 1.69 bits per heavy atom. The minimum atomic E-state index is -3.90. The average molecular weight is 544 g/mol. The second kappa shape index (κ2) is 11.6. The molecular formula is C31H33N3O4S. The third-order valence-electron chi connectivity index (χ3n) is 6.87. The Balaban J connectivity index is 1.35. The van der Waals surface area contributed by atoms with Crippen LogP contribution in [0.5, 0.6) is 5.75 Å². The van der Waals surface area contributed by atoms with Crippen LogP contribution in [0, 0.1) is 0 Å². The second-order valence-corrected chi connectivity index (χ2v) is 11.9. The first-order chi connectivity index (χ1) is 18.8. The fraction of sp³-hybridized carbons (Fsp3) is 0.258.